The van der Waals surface area contributed by atoms with Crippen molar-refractivity contribution in [3.63, 3.8) is 0 Å². The van der Waals surface area contributed by atoms with Crippen LogP contribution in [0.5, 0.6) is 0 Å². The highest BCUT2D eigenvalue weighted by atomic mass is 19.1. The van der Waals surface area contributed by atoms with Gasteiger partial charge in [0, 0.05) is 24.6 Å². The molecule has 0 bridgehead atoms. The minimum Gasteiger partial charge on any atom is -0.395 e. The lowest BCUT2D eigenvalue weighted by Crippen LogP contribution is -2.36. The summed E-state index contributed by atoms with van der Waals surface area (Å²) in [4.78, 5) is 2.28. The summed E-state index contributed by atoms with van der Waals surface area (Å²) in [6, 6.07) is 5.60. The van der Waals surface area contributed by atoms with Crippen molar-refractivity contribution in [2.45, 2.75) is 38.3 Å². The zero-order valence-corrected chi connectivity index (χ0v) is 11.3. The number of halogens is 1. The Morgan fingerprint density at radius 3 is 2.79 bits per heavy atom. The maximum Gasteiger partial charge on any atom is 0.124 e. The lowest BCUT2D eigenvalue weighted by molar-refractivity contribution is 0.152. The van der Waals surface area contributed by atoms with Gasteiger partial charge in [-0.05, 0) is 43.7 Å². The third-order valence-electron chi connectivity index (χ3n) is 3.56. The predicted molar refractivity (Wildman–Crippen MR) is 74.1 cm³/mol. The van der Waals surface area contributed by atoms with Crippen LogP contribution in [-0.4, -0.2) is 29.7 Å². The van der Waals surface area contributed by atoms with E-state index in [1.54, 1.807) is 6.07 Å². The summed E-state index contributed by atoms with van der Waals surface area (Å²) in [5.41, 5.74) is 1.65. The average Bonchev–Trinajstić information content (AvgIpc) is 2.25. The van der Waals surface area contributed by atoms with Gasteiger partial charge in [-0.1, -0.05) is 18.3 Å². The SMILES string of the molecule is CN(Cc1cc(F)cc(C#CCCO)c1)C1CCC1. The monoisotopic (exact) mass is 261 g/mol. The van der Waals surface area contributed by atoms with E-state index in [-0.39, 0.29) is 12.4 Å². The molecule has 0 radical (unpaired) electrons. The number of nitrogens with zero attached hydrogens (tertiary/aromatic N) is 1. The van der Waals surface area contributed by atoms with E-state index in [1.165, 1.54) is 25.3 Å². The number of aliphatic hydroxyl groups is 1. The number of hydrogen-bond acceptors (Lipinski definition) is 2. The van der Waals surface area contributed by atoms with Gasteiger partial charge in [-0.3, -0.25) is 4.90 Å². The van der Waals surface area contributed by atoms with Crippen LogP contribution in [0, 0.1) is 17.7 Å². The quantitative estimate of drug-likeness (QED) is 0.842. The van der Waals surface area contributed by atoms with E-state index in [0.717, 1.165) is 12.1 Å². The van der Waals surface area contributed by atoms with Gasteiger partial charge in [0.2, 0.25) is 0 Å². The average molecular weight is 261 g/mol. The first kappa shape index (κ1) is 14.0. The molecule has 0 heterocycles. The molecule has 0 unspecified atom stereocenters. The summed E-state index contributed by atoms with van der Waals surface area (Å²) in [5.74, 6) is 5.47. The molecule has 102 valence electrons. The fourth-order valence-electron chi connectivity index (χ4n) is 2.28. The van der Waals surface area contributed by atoms with Crippen LogP contribution in [0.4, 0.5) is 4.39 Å². The van der Waals surface area contributed by atoms with E-state index >= 15 is 0 Å². The molecule has 3 heteroatoms. The van der Waals surface area contributed by atoms with Gasteiger partial charge in [0.05, 0.1) is 6.61 Å². The smallest absolute Gasteiger partial charge is 0.124 e. The highest BCUT2D eigenvalue weighted by Crippen LogP contribution is 2.25. The van der Waals surface area contributed by atoms with E-state index in [9.17, 15) is 4.39 Å². The molecule has 0 aliphatic heterocycles. The molecule has 1 aliphatic rings. The van der Waals surface area contributed by atoms with Crippen LogP contribution in [0.2, 0.25) is 0 Å². The van der Waals surface area contributed by atoms with E-state index < -0.39 is 0 Å². The Morgan fingerprint density at radius 2 is 2.16 bits per heavy atom. The normalized spacial score (nSPS) is 14.9. The van der Waals surface area contributed by atoms with Crippen LogP contribution in [-0.2, 0) is 6.54 Å². The summed E-state index contributed by atoms with van der Waals surface area (Å²) < 4.78 is 13.5. The van der Waals surface area contributed by atoms with Gasteiger partial charge in [-0.15, -0.1) is 0 Å². The second kappa shape index (κ2) is 6.70. The van der Waals surface area contributed by atoms with Gasteiger partial charge in [-0.25, -0.2) is 4.39 Å². The highest BCUT2D eigenvalue weighted by molar-refractivity contribution is 5.37. The van der Waals surface area contributed by atoms with Crippen molar-refractivity contribution in [2.75, 3.05) is 13.7 Å². The third-order valence-corrected chi connectivity index (χ3v) is 3.56. The summed E-state index contributed by atoms with van der Waals surface area (Å²) in [7, 11) is 2.09. The molecule has 1 N–H and O–H groups in total. The number of aliphatic hydroxyl groups excluding tert-OH is 1. The zero-order chi connectivity index (χ0) is 13.7. The number of hydrogen-bond donors (Lipinski definition) is 1. The van der Waals surface area contributed by atoms with Gasteiger partial charge in [0.25, 0.3) is 0 Å². The van der Waals surface area contributed by atoms with E-state index in [0.29, 0.717) is 18.0 Å². The predicted octanol–water partition coefficient (Wildman–Crippen LogP) is 2.54. The van der Waals surface area contributed by atoms with Crippen molar-refractivity contribution in [3.05, 3.63) is 35.1 Å². The Hall–Kier alpha value is -1.37. The molecule has 1 saturated carbocycles. The minimum absolute atomic E-state index is 0.0413. The van der Waals surface area contributed by atoms with Gasteiger partial charge < -0.3 is 5.11 Å². The fourth-order valence-corrected chi connectivity index (χ4v) is 2.28. The van der Waals surface area contributed by atoms with Crippen LogP contribution < -0.4 is 0 Å². The molecule has 0 saturated heterocycles. The lowest BCUT2D eigenvalue weighted by Gasteiger charge is -2.34. The lowest BCUT2D eigenvalue weighted by atomic mass is 9.91. The first-order valence-electron chi connectivity index (χ1n) is 6.78. The molecule has 19 heavy (non-hydrogen) atoms. The minimum atomic E-state index is -0.243. The summed E-state index contributed by atoms with van der Waals surface area (Å²) in [6.07, 6.45) is 4.22. The zero-order valence-electron chi connectivity index (χ0n) is 11.3. The van der Waals surface area contributed by atoms with E-state index in [4.69, 9.17) is 5.11 Å². The standard InChI is InChI=1S/C16H20FNO/c1-18(16-6-4-7-16)12-14-9-13(5-2-3-8-19)10-15(17)11-14/h9-11,16,19H,3-4,6-8,12H2,1H3. The van der Waals surface area contributed by atoms with Crippen molar-refractivity contribution in [2.24, 2.45) is 0 Å². The molecule has 1 aromatic carbocycles. The summed E-state index contributed by atoms with van der Waals surface area (Å²) in [5, 5.41) is 8.68. The van der Waals surface area contributed by atoms with Crippen molar-refractivity contribution >= 4 is 0 Å². The molecular formula is C16H20FNO. The molecular weight excluding hydrogens is 241 g/mol. The van der Waals surface area contributed by atoms with Gasteiger partial charge in [-0.2, -0.15) is 0 Å². The number of benzene rings is 1. The molecule has 1 fully saturated rings. The second-order valence-corrected chi connectivity index (χ2v) is 5.12. The largest absolute Gasteiger partial charge is 0.395 e. The third kappa shape index (κ3) is 4.05. The summed E-state index contributed by atoms with van der Waals surface area (Å²) in [6.45, 7) is 0.802. The van der Waals surface area contributed by atoms with Gasteiger partial charge >= 0.3 is 0 Å². The molecule has 0 spiro atoms. The maximum atomic E-state index is 13.5. The highest BCUT2D eigenvalue weighted by Gasteiger charge is 2.21. The second-order valence-electron chi connectivity index (χ2n) is 5.12. The van der Waals surface area contributed by atoms with Gasteiger partial charge in [0.1, 0.15) is 5.82 Å². The van der Waals surface area contributed by atoms with Crippen molar-refractivity contribution < 1.29 is 9.50 Å². The van der Waals surface area contributed by atoms with Crippen molar-refractivity contribution in [1.82, 2.24) is 4.90 Å². The van der Waals surface area contributed by atoms with Crippen LogP contribution in [0.1, 0.15) is 36.8 Å². The molecule has 1 aromatic rings. The van der Waals surface area contributed by atoms with Crippen LogP contribution in [0.25, 0.3) is 0 Å². The molecule has 2 nitrogen and oxygen atoms in total. The Bertz CT molecular complexity index is 485. The van der Waals surface area contributed by atoms with Gasteiger partial charge in [0.15, 0.2) is 0 Å². The van der Waals surface area contributed by atoms with E-state index in [2.05, 4.69) is 23.8 Å². The van der Waals surface area contributed by atoms with Crippen LogP contribution >= 0.6 is 0 Å². The van der Waals surface area contributed by atoms with Crippen LogP contribution in [0.15, 0.2) is 18.2 Å². The summed E-state index contributed by atoms with van der Waals surface area (Å²) >= 11 is 0. The fraction of sp³-hybridized carbons (Fsp3) is 0.500. The Kier molecular flexibility index (Phi) is 4.95. The Balaban J connectivity index is 2.05. The van der Waals surface area contributed by atoms with Crippen molar-refractivity contribution in [1.29, 1.82) is 0 Å². The molecule has 1 aliphatic carbocycles. The molecule has 0 aromatic heterocycles. The van der Waals surface area contributed by atoms with E-state index in [1.807, 2.05) is 6.07 Å². The van der Waals surface area contributed by atoms with Crippen molar-refractivity contribution in [3.8, 4) is 11.8 Å². The molecule has 0 amide bonds. The maximum absolute atomic E-state index is 13.5. The molecule has 2 rings (SSSR count). The molecule has 0 atom stereocenters. The number of rotatable bonds is 4. The Morgan fingerprint density at radius 1 is 1.37 bits per heavy atom. The van der Waals surface area contributed by atoms with Crippen LogP contribution in [0.3, 0.4) is 0 Å². The first-order chi connectivity index (χ1) is 9.19. The Labute approximate surface area is 114 Å². The first-order valence-corrected chi connectivity index (χ1v) is 6.78. The topological polar surface area (TPSA) is 23.5 Å².